The molecule has 0 saturated carbocycles. The molecule has 0 fully saturated rings. The van der Waals surface area contributed by atoms with Crippen molar-refractivity contribution >= 4 is 27.7 Å². The Bertz CT molecular complexity index is 575. The maximum absolute atomic E-state index is 11.9. The van der Waals surface area contributed by atoms with Crippen LogP contribution < -0.4 is 10.1 Å². The number of carbonyl (C=O) groups excluding carboxylic acids is 1. The SMILES string of the molecule is COc1ccnc(C(=O)Nc2ncccc2Br)c1. The zero-order valence-corrected chi connectivity index (χ0v) is 11.1. The molecule has 2 aromatic rings. The van der Waals surface area contributed by atoms with E-state index in [9.17, 15) is 4.79 Å². The molecule has 2 aromatic heterocycles. The lowest BCUT2D eigenvalue weighted by Crippen LogP contribution is -2.14. The number of amides is 1. The van der Waals surface area contributed by atoms with E-state index >= 15 is 0 Å². The molecule has 0 bridgehead atoms. The lowest BCUT2D eigenvalue weighted by molar-refractivity contribution is 0.102. The van der Waals surface area contributed by atoms with E-state index in [1.165, 1.54) is 13.3 Å². The van der Waals surface area contributed by atoms with E-state index < -0.39 is 0 Å². The smallest absolute Gasteiger partial charge is 0.275 e. The highest BCUT2D eigenvalue weighted by Gasteiger charge is 2.10. The van der Waals surface area contributed by atoms with Crippen molar-refractivity contribution in [2.75, 3.05) is 12.4 Å². The minimum atomic E-state index is -0.340. The molecule has 0 atom stereocenters. The molecular formula is C12H10BrN3O2. The Hall–Kier alpha value is -1.95. The number of halogens is 1. The number of nitrogens with zero attached hydrogens (tertiary/aromatic N) is 2. The number of carbonyl (C=O) groups is 1. The largest absolute Gasteiger partial charge is 0.497 e. The van der Waals surface area contributed by atoms with Gasteiger partial charge in [0.1, 0.15) is 17.3 Å². The van der Waals surface area contributed by atoms with Crippen LogP contribution in [0.25, 0.3) is 0 Å². The van der Waals surface area contributed by atoms with Crippen LogP contribution in [-0.2, 0) is 0 Å². The van der Waals surface area contributed by atoms with Gasteiger partial charge in [0.25, 0.3) is 5.91 Å². The molecule has 1 amide bonds. The second kappa shape index (κ2) is 5.59. The summed E-state index contributed by atoms with van der Waals surface area (Å²) < 4.78 is 5.74. The van der Waals surface area contributed by atoms with Gasteiger partial charge in [0.15, 0.2) is 0 Å². The van der Waals surface area contributed by atoms with E-state index in [0.717, 1.165) is 0 Å². The van der Waals surface area contributed by atoms with Gasteiger partial charge in [-0.1, -0.05) is 0 Å². The Morgan fingerprint density at radius 2 is 2.17 bits per heavy atom. The highest BCUT2D eigenvalue weighted by atomic mass is 79.9. The highest BCUT2D eigenvalue weighted by Crippen LogP contribution is 2.19. The normalized spacial score (nSPS) is 9.89. The predicted octanol–water partition coefficient (Wildman–Crippen LogP) is 2.50. The second-order valence-corrected chi connectivity index (χ2v) is 4.22. The van der Waals surface area contributed by atoms with Crippen LogP contribution >= 0.6 is 15.9 Å². The Morgan fingerprint density at radius 3 is 2.89 bits per heavy atom. The third-order valence-corrected chi connectivity index (χ3v) is 2.83. The van der Waals surface area contributed by atoms with Gasteiger partial charge in [-0.05, 0) is 34.1 Å². The van der Waals surface area contributed by atoms with Gasteiger partial charge in [-0.15, -0.1) is 0 Å². The maximum Gasteiger partial charge on any atom is 0.275 e. The average Bonchev–Trinajstić information content (AvgIpc) is 2.41. The first-order valence-electron chi connectivity index (χ1n) is 5.12. The molecule has 0 unspecified atom stereocenters. The summed E-state index contributed by atoms with van der Waals surface area (Å²) in [5.74, 6) is 0.690. The zero-order valence-electron chi connectivity index (χ0n) is 9.55. The molecule has 5 nitrogen and oxygen atoms in total. The number of anilines is 1. The summed E-state index contributed by atoms with van der Waals surface area (Å²) in [6.45, 7) is 0. The Balaban J connectivity index is 2.19. The monoisotopic (exact) mass is 307 g/mol. The number of aromatic nitrogens is 2. The number of hydrogen-bond donors (Lipinski definition) is 1. The van der Waals surface area contributed by atoms with Gasteiger partial charge in [-0.2, -0.15) is 0 Å². The van der Waals surface area contributed by atoms with E-state index in [1.54, 1.807) is 30.5 Å². The van der Waals surface area contributed by atoms with Crippen LogP contribution in [0.2, 0.25) is 0 Å². The Kier molecular flexibility index (Phi) is 3.88. The van der Waals surface area contributed by atoms with Crippen molar-refractivity contribution < 1.29 is 9.53 Å². The highest BCUT2D eigenvalue weighted by molar-refractivity contribution is 9.10. The second-order valence-electron chi connectivity index (χ2n) is 3.37. The third kappa shape index (κ3) is 2.84. The van der Waals surface area contributed by atoms with Crippen molar-refractivity contribution in [3.05, 3.63) is 46.8 Å². The van der Waals surface area contributed by atoms with Gasteiger partial charge >= 0.3 is 0 Å². The van der Waals surface area contributed by atoms with E-state index in [0.29, 0.717) is 16.0 Å². The van der Waals surface area contributed by atoms with Crippen LogP contribution in [0.1, 0.15) is 10.5 Å². The van der Waals surface area contributed by atoms with Crippen molar-refractivity contribution in [3.63, 3.8) is 0 Å². The van der Waals surface area contributed by atoms with Crippen molar-refractivity contribution in [3.8, 4) is 5.75 Å². The van der Waals surface area contributed by atoms with Crippen LogP contribution in [0.15, 0.2) is 41.1 Å². The van der Waals surface area contributed by atoms with Gasteiger partial charge in [0.2, 0.25) is 0 Å². The van der Waals surface area contributed by atoms with Crippen LogP contribution in [0.4, 0.5) is 5.82 Å². The predicted molar refractivity (Wildman–Crippen MR) is 70.7 cm³/mol. The maximum atomic E-state index is 11.9. The molecule has 0 aliphatic rings. The fourth-order valence-electron chi connectivity index (χ4n) is 1.31. The van der Waals surface area contributed by atoms with Crippen LogP contribution in [0.5, 0.6) is 5.75 Å². The molecule has 92 valence electrons. The van der Waals surface area contributed by atoms with Crippen molar-refractivity contribution in [2.24, 2.45) is 0 Å². The van der Waals surface area contributed by atoms with Crippen LogP contribution in [-0.4, -0.2) is 23.0 Å². The zero-order chi connectivity index (χ0) is 13.0. The van der Waals surface area contributed by atoms with E-state index in [2.05, 4.69) is 31.2 Å². The molecule has 0 saturated heterocycles. The minimum Gasteiger partial charge on any atom is -0.497 e. The third-order valence-electron chi connectivity index (χ3n) is 2.19. The molecule has 2 heterocycles. The summed E-state index contributed by atoms with van der Waals surface area (Å²) in [6, 6.07) is 6.80. The first kappa shape index (κ1) is 12.5. The number of hydrogen-bond acceptors (Lipinski definition) is 4. The molecule has 0 aliphatic carbocycles. The molecule has 0 radical (unpaired) electrons. The minimum absolute atomic E-state index is 0.270. The van der Waals surface area contributed by atoms with Crippen molar-refractivity contribution in [1.29, 1.82) is 0 Å². The standard InChI is InChI=1S/C12H10BrN3O2/c1-18-8-4-6-14-10(7-8)12(17)16-11-9(13)3-2-5-15-11/h2-7H,1H3,(H,15,16,17). The molecule has 2 rings (SSSR count). The fourth-order valence-corrected chi connectivity index (χ4v) is 1.67. The molecule has 6 heteroatoms. The summed E-state index contributed by atoms with van der Waals surface area (Å²) in [6.07, 6.45) is 3.11. The lowest BCUT2D eigenvalue weighted by Gasteiger charge is -2.06. The van der Waals surface area contributed by atoms with E-state index in [4.69, 9.17) is 4.74 Å². The van der Waals surface area contributed by atoms with Gasteiger partial charge in [0, 0.05) is 18.5 Å². The van der Waals surface area contributed by atoms with Crippen LogP contribution in [0, 0.1) is 0 Å². The first-order chi connectivity index (χ1) is 8.70. The Labute approximate surface area is 112 Å². The number of ether oxygens (including phenoxy) is 1. The topological polar surface area (TPSA) is 64.1 Å². The van der Waals surface area contributed by atoms with Crippen LogP contribution in [0.3, 0.4) is 0 Å². The van der Waals surface area contributed by atoms with Crippen molar-refractivity contribution in [2.45, 2.75) is 0 Å². The summed E-state index contributed by atoms with van der Waals surface area (Å²) in [4.78, 5) is 20.0. The molecule has 0 aromatic carbocycles. The van der Waals surface area contributed by atoms with Gasteiger partial charge in [0.05, 0.1) is 11.6 Å². The number of rotatable bonds is 3. The summed E-state index contributed by atoms with van der Waals surface area (Å²) >= 11 is 3.30. The first-order valence-corrected chi connectivity index (χ1v) is 5.92. The van der Waals surface area contributed by atoms with E-state index in [1.807, 2.05) is 0 Å². The van der Waals surface area contributed by atoms with Crippen molar-refractivity contribution in [1.82, 2.24) is 9.97 Å². The molecular weight excluding hydrogens is 298 g/mol. The quantitative estimate of drug-likeness (QED) is 0.946. The van der Waals surface area contributed by atoms with Gasteiger partial charge < -0.3 is 10.1 Å². The molecule has 0 aliphatic heterocycles. The lowest BCUT2D eigenvalue weighted by atomic mass is 10.3. The molecule has 0 spiro atoms. The summed E-state index contributed by atoms with van der Waals surface area (Å²) in [7, 11) is 1.53. The number of nitrogens with one attached hydrogen (secondary N) is 1. The van der Waals surface area contributed by atoms with E-state index in [-0.39, 0.29) is 11.6 Å². The summed E-state index contributed by atoms with van der Waals surface area (Å²) in [5, 5.41) is 2.66. The average molecular weight is 308 g/mol. The number of methoxy groups -OCH3 is 1. The Morgan fingerprint density at radius 1 is 1.33 bits per heavy atom. The molecule has 1 N–H and O–H groups in total. The fraction of sp³-hybridized carbons (Fsp3) is 0.0833. The summed E-state index contributed by atoms with van der Waals surface area (Å²) in [5.41, 5.74) is 0.270. The van der Waals surface area contributed by atoms with Gasteiger partial charge in [-0.25, -0.2) is 4.98 Å². The molecule has 18 heavy (non-hydrogen) atoms. The number of pyridine rings is 2. The van der Waals surface area contributed by atoms with Gasteiger partial charge in [-0.3, -0.25) is 9.78 Å².